The minimum absolute atomic E-state index is 0.00763. The number of aromatic amines is 2. The van der Waals surface area contributed by atoms with Crippen LogP contribution in [0.5, 0.6) is 0 Å². The monoisotopic (exact) mass is 992 g/mol. The zero-order valence-electron chi connectivity index (χ0n) is 36.5. The molecule has 4 N–H and O–H groups in total. The molecule has 4 aliphatic rings. The summed E-state index contributed by atoms with van der Waals surface area (Å²) in [5.74, 6) is -1.59. The van der Waals surface area contributed by atoms with Crippen molar-refractivity contribution >= 4 is 88.0 Å². The van der Waals surface area contributed by atoms with Gasteiger partial charge in [0.2, 0.25) is 0 Å². The molecule has 350 valence electrons. The minimum atomic E-state index is -4.73. The number of nitrogens with zero attached hydrogens (tertiary/aromatic N) is 8. The highest BCUT2D eigenvalue weighted by molar-refractivity contribution is 7.86. The van der Waals surface area contributed by atoms with Gasteiger partial charge in [0.25, 0.3) is 43.9 Å². The number of nitrogens with one attached hydrogen (secondary N) is 2. The Morgan fingerprint density at radius 3 is 1.22 bits per heavy atom. The maximum absolute atomic E-state index is 13.5. The van der Waals surface area contributed by atoms with E-state index in [1.807, 2.05) is 0 Å². The summed E-state index contributed by atoms with van der Waals surface area (Å²) in [6, 6.07) is 31.1. The molecule has 0 saturated carbocycles. The van der Waals surface area contributed by atoms with E-state index in [0.29, 0.717) is 66.2 Å². The Hall–Kier alpha value is -9.22. The van der Waals surface area contributed by atoms with Gasteiger partial charge in [0.15, 0.2) is 23.3 Å². The molecule has 0 radical (unpaired) electrons. The first-order valence-corrected chi connectivity index (χ1v) is 24.7. The molecule has 72 heavy (non-hydrogen) atoms. The number of fused-ring (bicyclic) bond motifs is 22. The fourth-order valence-corrected chi connectivity index (χ4v) is 10.5. The summed E-state index contributed by atoms with van der Waals surface area (Å²) in [5, 5.41) is 1.46. The zero-order chi connectivity index (χ0) is 49.5. The highest BCUT2D eigenvalue weighted by Gasteiger charge is 2.37. The highest BCUT2D eigenvalue weighted by Crippen LogP contribution is 2.39. The van der Waals surface area contributed by atoms with Crippen LogP contribution in [0.15, 0.2) is 131 Å². The second kappa shape index (κ2) is 15.1. The number of hydrogen-bond donors (Lipinski definition) is 4. The number of benzene rings is 6. The first-order valence-electron chi connectivity index (χ1n) is 21.8. The number of rotatable bonds is 6. The Labute approximate surface area is 404 Å². The summed E-state index contributed by atoms with van der Waals surface area (Å²) >= 11 is 0. The normalized spacial score (nSPS) is 14.1. The van der Waals surface area contributed by atoms with Gasteiger partial charge in [-0.15, -0.1) is 0 Å². The van der Waals surface area contributed by atoms with E-state index >= 15 is 0 Å². The molecule has 0 saturated heterocycles. The summed E-state index contributed by atoms with van der Waals surface area (Å²) in [6.45, 7) is -0.180. The number of carbonyl (C=O) groups excluding carboxylic acids is 4. The minimum Gasteiger partial charge on any atom is -0.324 e. The lowest BCUT2D eigenvalue weighted by molar-refractivity contribution is 0.0627. The van der Waals surface area contributed by atoms with Crippen molar-refractivity contribution in [2.75, 3.05) is 0 Å². The van der Waals surface area contributed by atoms with Gasteiger partial charge >= 0.3 is 0 Å². The predicted octanol–water partition coefficient (Wildman–Crippen LogP) is 6.96. The Kier molecular flexibility index (Phi) is 9.01. The zero-order valence-corrected chi connectivity index (χ0v) is 38.1. The highest BCUT2D eigenvalue weighted by atomic mass is 32.2. The second-order valence-corrected chi connectivity index (χ2v) is 20.1. The first-order chi connectivity index (χ1) is 34.6. The van der Waals surface area contributed by atoms with Crippen LogP contribution in [0.1, 0.15) is 52.6 Å². The van der Waals surface area contributed by atoms with Gasteiger partial charge in [-0.25, -0.2) is 29.9 Å². The average molecular weight is 993 g/mol. The third-order valence-electron chi connectivity index (χ3n) is 12.9. The van der Waals surface area contributed by atoms with E-state index in [4.69, 9.17) is 29.9 Å². The van der Waals surface area contributed by atoms with Crippen molar-refractivity contribution in [2.24, 2.45) is 0 Å². The number of aromatic nitrogens is 8. The van der Waals surface area contributed by atoms with Crippen molar-refractivity contribution in [1.82, 2.24) is 49.7 Å². The lowest BCUT2D eigenvalue weighted by atomic mass is 10.0. The molecule has 22 heteroatoms. The molecule has 20 nitrogen and oxygen atoms in total. The van der Waals surface area contributed by atoms with E-state index in [1.54, 1.807) is 84.9 Å². The van der Waals surface area contributed by atoms with Gasteiger partial charge in [-0.05, 0) is 83.9 Å². The molecule has 0 unspecified atom stereocenters. The lowest BCUT2D eigenvalue weighted by Crippen LogP contribution is -2.29. The number of carbonyl (C=O) groups is 4. The maximum Gasteiger partial charge on any atom is 0.294 e. The second-order valence-electron chi connectivity index (χ2n) is 17.2. The van der Waals surface area contributed by atoms with Gasteiger partial charge in [0, 0.05) is 43.8 Å². The van der Waals surface area contributed by atoms with Crippen LogP contribution in [0.25, 0.3) is 89.7 Å². The summed E-state index contributed by atoms with van der Waals surface area (Å²) in [6.07, 6.45) is 0. The number of imide groups is 2. The van der Waals surface area contributed by atoms with Crippen molar-refractivity contribution in [2.45, 2.75) is 22.9 Å². The van der Waals surface area contributed by atoms with Crippen LogP contribution < -0.4 is 0 Å². The number of H-pyrrole nitrogens is 2. The summed E-state index contributed by atoms with van der Waals surface area (Å²) in [4.78, 5) is 91.1. The topological polar surface area (TPSA) is 292 Å². The van der Waals surface area contributed by atoms with Crippen LogP contribution in [0.4, 0.5) is 0 Å². The van der Waals surface area contributed by atoms with Crippen molar-refractivity contribution in [3.63, 3.8) is 0 Å². The predicted molar refractivity (Wildman–Crippen MR) is 257 cm³/mol. The van der Waals surface area contributed by atoms with Gasteiger partial charge in [0.1, 0.15) is 22.6 Å². The van der Waals surface area contributed by atoms with Crippen molar-refractivity contribution < 1.29 is 45.1 Å². The smallest absolute Gasteiger partial charge is 0.294 e. The summed E-state index contributed by atoms with van der Waals surface area (Å²) in [7, 11) is -9.47. The quantitative estimate of drug-likeness (QED) is 0.0967. The molecule has 0 fully saturated rings. The van der Waals surface area contributed by atoms with E-state index < -0.39 is 53.7 Å². The molecule has 6 aromatic carbocycles. The molecule has 4 amide bonds. The fourth-order valence-electron chi connectivity index (χ4n) is 9.49. The summed E-state index contributed by atoms with van der Waals surface area (Å²) < 4.78 is 69.9. The van der Waals surface area contributed by atoms with Gasteiger partial charge in [-0.2, -0.15) is 16.8 Å². The Bertz CT molecular complexity index is 4410. The van der Waals surface area contributed by atoms with Crippen LogP contribution in [0, 0.1) is 0 Å². The summed E-state index contributed by atoms with van der Waals surface area (Å²) in [5.41, 5.74) is 4.19. The van der Waals surface area contributed by atoms with Crippen LogP contribution in [-0.4, -0.2) is 99.2 Å². The van der Waals surface area contributed by atoms with Gasteiger partial charge in [-0.3, -0.25) is 38.1 Å². The SMILES string of the molecule is O=C1c2ccccc2C(=O)N1Cc1ccc2c(c1)-c1nc-2nc2[nH]c(nc3nc(nc4[nH]c(n1)c1cc(CN5C(=O)c6ccccc6C5=O)ccc41)-c1ccc(S(=O)(=O)O)cc1-3)c1cc(S(=O)(=O)O)ccc21. The van der Waals surface area contributed by atoms with Gasteiger partial charge < -0.3 is 9.97 Å². The van der Waals surface area contributed by atoms with Gasteiger partial charge in [-0.1, -0.05) is 48.5 Å². The van der Waals surface area contributed by atoms with E-state index in [0.717, 1.165) is 9.80 Å². The molecular weight excluding hydrogens is 965 g/mol. The molecule has 0 spiro atoms. The van der Waals surface area contributed by atoms with Crippen LogP contribution in [-0.2, 0) is 33.3 Å². The molecule has 7 heterocycles. The van der Waals surface area contributed by atoms with E-state index in [1.165, 1.54) is 36.4 Å². The standard InChI is InChI=1S/C50H28N10O10S2/c61-47-31-5-1-2-6-32(31)48(62)59(47)21-23-9-13-27-35(17-23)43-53-39(27)51-41-29-15-11-25(71(65,66)67)19-37(29)45(55-41)58-46-38-20-26(72(68,69)70)12-16-30(38)42(56-46)52-40-28-14-10-24(18-36(28)44(54-40)57-43)22-60-49(63)33-7-3-4-8-34(33)50(60)64/h1-20H,21-22H2,(H,65,66,67)(H,68,69,70)(H2,51,52,53,54,55,56,57,58). The fraction of sp³-hybridized carbons (Fsp3) is 0.0400. The van der Waals surface area contributed by atoms with E-state index in [2.05, 4.69) is 9.97 Å². The molecule has 8 bridgehead atoms. The number of hydrogen-bond acceptors (Lipinski definition) is 14. The maximum atomic E-state index is 13.5. The van der Waals surface area contributed by atoms with Crippen molar-refractivity contribution in [1.29, 1.82) is 0 Å². The Balaban J connectivity index is 1.07. The van der Waals surface area contributed by atoms with Crippen LogP contribution in [0.3, 0.4) is 0 Å². The van der Waals surface area contributed by atoms with Crippen LogP contribution >= 0.6 is 0 Å². The molecule has 13 rings (SSSR count). The Morgan fingerprint density at radius 2 is 0.736 bits per heavy atom. The number of amides is 4. The third kappa shape index (κ3) is 6.65. The van der Waals surface area contributed by atoms with E-state index in [-0.39, 0.29) is 69.9 Å². The largest absolute Gasteiger partial charge is 0.324 e. The van der Waals surface area contributed by atoms with Crippen molar-refractivity contribution in [3.05, 3.63) is 155 Å². The Morgan fingerprint density at radius 1 is 0.375 bits per heavy atom. The molecule has 9 aromatic rings. The molecule has 3 aromatic heterocycles. The molecule has 0 atom stereocenters. The molecular formula is C50H28N10O10S2. The molecule has 4 aliphatic heterocycles. The molecule has 0 aliphatic carbocycles. The van der Waals surface area contributed by atoms with Crippen molar-refractivity contribution in [3.8, 4) is 45.6 Å². The van der Waals surface area contributed by atoms with E-state index in [9.17, 15) is 45.1 Å². The third-order valence-corrected chi connectivity index (χ3v) is 14.6. The first kappa shape index (κ1) is 42.8. The van der Waals surface area contributed by atoms with Gasteiger partial charge in [0.05, 0.1) is 45.1 Å². The lowest BCUT2D eigenvalue weighted by Gasteiger charge is -2.14. The van der Waals surface area contributed by atoms with Crippen LogP contribution in [0.2, 0.25) is 0 Å². The average Bonchev–Trinajstić information content (AvgIpc) is 4.18.